The normalized spacial score (nSPS) is 16.1. The van der Waals surface area contributed by atoms with Gasteiger partial charge in [0.1, 0.15) is 0 Å². The Labute approximate surface area is 141 Å². The largest absolute Gasteiger partial charge is 0.481 e. The van der Waals surface area contributed by atoms with Gasteiger partial charge >= 0.3 is 12.0 Å². The van der Waals surface area contributed by atoms with Crippen molar-refractivity contribution >= 4 is 17.9 Å². The van der Waals surface area contributed by atoms with Gasteiger partial charge in [-0.2, -0.15) is 0 Å². The molecular formula is C18H24N2O4. The van der Waals surface area contributed by atoms with E-state index in [-0.39, 0.29) is 17.7 Å². The Morgan fingerprint density at radius 3 is 2.33 bits per heavy atom. The second kappa shape index (κ2) is 7.03. The number of nitrogens with one attached hydrogen (secondary N) is 1. The fourth-order valence-corrected chi connectivity index (χ4v) is 2.73. The zero-order chi connectivity index (χ0) is 17.9. The molecule has 1 fully saturated rings. The zero-order valence-electron chi connectivity index (χ0n) is 14.3. The van der Waals surface area contributed by atoms with Gasteiger partial charge in [-0.3, -0.25) is 14.5 Å². The van der Waals surface area contributed by atoms with Crippen LogP contribution in [0.3, 0.4) is 0 Å². The lowest BCUT2D eigenvalue weighted by Crippen LogP contribution is -2.42. The number of hydrogen-bond acceptors (Lipinski definition) is 3. The van der Waals surface area contributed by atoms with Gasteiger partial charge in [-0.05, 0) is 23.0 Å². The van der Waals surface area contributed by atoms with E-state index in [2.05, 4.69) is 26.1 Å². The topological polar surface area (TPSA) is 86.7 Å². The van der Waals surface area contributed by atoms with Crippen LogP contribution in [0.4, 0.5) is 4.79 Å². The Hall–Kier alpha value is -2.37. The van der Waals surface area contributed by atoms with Gasteiger partial charge in [0.2, 0.25) is 5.91 Å². The lowest BCUT2D eigenvalue weighted by Gasteiger charge is -2.23. The summed E-state index contributed by atoms with van der Waals surface area (Å²) < 4.78 is 0. The molecule has 1 atom stereocenters. The Kier molecular flexibility index (Phi) is 5.26. The molecule has 0 radical (unpaired) electrons. The number of hydrogen-bond donors (Lipinski definition) is 2. The molecule has 1 aromatic rings. The van der Waals surface area contributed by atoms with Gasteiger partial charge in [-0.25, -0.2) is 4.79 Å². The Bertz CT molecular complexity index is 631. The summed E-state index contributed by atoms with van der Waals surface area (Å²) in [6.45, 7) is 6.67. The summed E-state index contributed by atoms with van der Waals surface area (Å²) in [4.78, 5) is 36.2. The van der Waals surface area contributed by atoms with Crippen LogP contribution in [0.15, 0.2) is 24.3 Å². The van der Waals surface area contributed by atoms with Crippen molar-refractivity contribution in [2.24, 2.45) is 0 Å². The first-order chi connectivity index (χ1) is 11.2. The SMILES string of the molecule is CC(C)(C)c1ccc(C(CC(=O)O)NC(=O)N2CCCC2=O)cc1. The van der Waals surface area contributed by atoms with Gasteiger partial charge in [0.05, 0.1) is 12.5 Å². The van der Waals surface area contributed by atoms with Gasteiger partial charge in [0, 0.05) is 13.0 Å². The molecule has 130 valence electrons. The Morgan fingerprint density at radius 1 is 1.25 bits per heavy atom. The molecular weight excluding hydrogens is 308 g/mol. The highest BCUT2D eigenvalue weighted by atomic mass is 16.4. The number of rotatable bonds is 4. The molecule has 6 nitrogen and oxygen atoms in total. The maximum atomic E-state index is 12.2. The van der Waals surface area contributed by atoms with Crippen LogP contribution < -0.4 is 5.32 Å². The summed E-state index contributed by atoms with van der Waals surface area (Å²) in [5, 5.41) is 11.8. The number of urea groups is 1. The van der Waals surface area contributed by atoms with Gasteiger partial charge in [-0.1, -0.05) is 45.0 Å². The van der Waals surface area contributed by atoms with Crippen molar-refractivity contribution in [3.63, 3.8) is 0 Å². The maximum Gasteiger partial charge on any atom is 0.324 e. The fraction of sp³-hybridized carbons (Fsp3) is 0.500. The van der Waals surface area contributed by atoms with Crippen LogP contribution in [0, 0.1) is 0 Å². The van der Waals surface area contributed by atoms with E-state index in [1.165, 1.54) is 0 Å². The number of carboxylic acid groups (broad SMARTS) is 1. The minimum atomic E-state index is -1.01. The van der Waals surface area contributed by atoms with E-state index < -0.39 is 18.0 Å². The Balaban J connectivity index is 2.17. The molecule has 2 rings (SSSR count). The first-order valence-electron chi connectivity index (χ1n) is 8.11. The number of carboxylic acids is 1. The first-order valence-corrected chi connectivity index (χ1v) is 8.11. The summed E-state index contributed by atoms with van der Waals surface area (Å²) in [6.07, 6.45) is 0.774. The molecule has 1 saturated heterocycles. The zero-order valence-corrected chi connectivity index (χ0v) is 14.3. The number of imide groups is 1. The van der Waals surface area contributed by atoms with E-state index in [1.807, 2.05) is 24.3 Å². The molecule has 1 unspecified atom stereocenters. The van der Waals surface area contributed by atoms with Crippen LogP contribution in [-0.2, 0) is 15.0 Å². The van der Waals surface area contributed by atoms with Gasteiger partial charge in [0.15, 0.2) is 0 Å². The second-order valence-electron chi connectivity index (χ2n) is 7.12. The van der Waals surface area contributed by atoms with Crippen molar-refractivity contribution in [2.75, 3.05) is 6.54 Å². The standard InChI is InChI=1S/C18H24N2O4/c1-18(2,3)13-8-6-12(7-9-13)14(11-16(22)23)19-17(24)20-10-4-5-15(20)21/h6-9,14H,4-5,10-11H2,1-3H3,(H,19,24)(H,22,23). The molecule has 2 N–H and O–H groups in total. The van der Waals surface area contributed by atoms with Crippen molar-refractivity contribution < 1.29 is 19.5 Å². The summed E-state index contributed by atoms with van der Waals surface area (Å²) in [5.41, 5.74) is 1.83. The van der Waals surface area contributed by atoms with Crippen LogP contribution in [0.2, 0.25) is 0 Å². The molecule has 6 heteroatoms. The van der Waals surface area contributed by atoms with Crippen molar-refractivity contribution in [1.82, 2.24) is 10.2 Å². The van der Waals surface area contributed by atoms with Crippen molar-refractivity contribution in [1.29, 1.82) is 0 Å². The van der Waals surface area contributed by atoms with E-state index in [0.29, 0.717) is 24.9 Å². The second-order valence-corrected chi connectivity index (χ2v) is 7.12. The molecule has 1 heterocycles. The first kappa shape index (κ1) is 18.0. The number of carbonyl (C=O) groups excluding carboxylic acids is 2. The molecule has 1 aromatic carbocycles. The highest BCUT2D eigenvalue weighted by Crippen LogP contribution is 2.25. The number of nitrogens with zero attached hydrogens (tertiary/aromatic N) is 1. The van der Waals surface area contributed by atoms with Gasteiger partial charge in [0.25, 0.3) is 0 Å². The highest BCUT2D eigenvalue weighted by Gasteiger charge is 2.29. The summed E-state index contributed by atoms with van der Waals surface area (Å²) >= 11 is 0. The molecule has 0 saturated carbocycles. The minimum absolute atomic E-state index is 0.00789. The maximum absolute atomic E-state index is 12.2. The number of amides is 3. The van der Waals surface area contributed by atoms with E-state index in [4.69, 9.17) is 5.11 Å². The van der Waals surface area contributed by atoms with E-state index in [9.17, 15) is 14.4 Å². The average Bonchev–Trinajstić information content (AvgIpc) is 2.91. The molecule has 24 heavy (non-hydrogen) atoms. The summed E-state index contributed by atoms with van der Waals surface area (Å²) in [7, 11) is 0. The number of benzene rings is 1. The summed E-state index contributed by atoms with van der Waals surface area (Å²) in [5.74, 6) is -1.22. The molecule has 1 aliphatic heterocycles. The third kappa shape index (κ3) is 4.34. The molecule has 0 aliphatic carbocycles. The van der Waals surface area contributed by atoms with E-state index in [0.717, 1.165) is 10.5 Å². The quantitative estimate of drug-likeness (QED) is 0.887. The lowest BCUT2D eigenvalue weighted by atomic mass is 9.86. The average molecular weight is 332 g/mol. The van der Waals surface area contributed by atoms with Crippen molar-refractivity contribution in [2.45, 2.75) is 51.5 Å². The third-order valence-corrected chi connectivity index (χ3v) is 4.17. The van der Waals surface area contributed by atoms with E-state index >= 15 is 0 Å². The van der Waals surface area contributed by atoms with Gasteiger partial charge in [-0.15, -0.1) is 0 Å². The third-order valence-electron chi connectivity index (χ3n) is 4.17. The number of carbonyl (C=O) groups is 3. The molecule has 1 aliphatic rings. The lowest BCUT2D eigenvalue weighted by molar-refractivity contribution is -0.137. The molecule has 0 spiro atoms. The number of aliphatic carboxylic acids is 1. The summed E-state index contributed by atoms with van der Waals surface area (Å²) in [6, 6.07) is 6.36. The van der Waals surface area contributed by atoms with Crippen LogP contribution in [-0.4, -0.2) is 34.5 Å². The monoisotopic (exact) mass is 332 g/mol. The van der Waals surface area contributed by atoms with Gasteiger partial charge < -0.3 is 10.4 Å². The predicted octanol–water partition coefficient (Wildman–Crippen LogP) is 2.83. The smallest absolute Gasteiger partial charge is 0.324 e. The van der Waals surface area contributed by atoms with Crippen LogP contribution in [0.5, 0.6) is 0 Å². The van der Waals surface area contributed by atoms with Crippen LogP contribution >= 0.6 is 0 Å². The molecule has 0 aromatic heterocycles. The van der Waals surface area contributed by atoms with Crippen molar-refractivity contribution in [3.05, 3.63) is 35.4 Å². The number of likely N-dealkylation sites (tertiary alicyclic amines) is 1. The molecule has 0 bridgehead atoms. The highest BCUT2D eigenvalue weighted by molar-refractivity contribution is 5.96. The molecule has 3 amide bonds. The van der Waals surface area contributed by atoms with E-state index in [1.54, 1.807) is 0 Å². The predicted molar refractivity (Wildman–Crippen MR) is 89.6 cm³/mol. The van der Waals surface area contributed by atoms with Crippen LogP contribution in [0.25, 0.3) is 0 Å². The fourth-order valence-electron chi connectivity index (χ4n) is 2.73. The minimum Gasteiger partial charge on any atom is -0.481 e. The Morgan fingerprint density at radius 2 is 1.88 bits per heavy atom. The van der Waals surface area contributed by atoms with Crippen molar-refractivity contribution in [3.8, 4) is 0 Å². The van der Waals surface area contributed by atoms with Crippen LogP contribution in [0.1, 0.15) is 57.2 Å².